The smallest absolute Gasteiger partial charge is 0.306 e. The minimum atomic E-state index is -0.706. The highest BCUT2D eigenvalue weighted by Crippen LogP contribution is 2.42. The molecule has 0 radical (unpaired) electrons. The van der Waals surface area contributed by atoms with Gasteiger partial charge in [-0.25, -0.2) is 0 Å². The molecule has 0 aromatic carbocycles. The lowest BCUT2D eigenvalue weighted by molar-refractivity contribution is -0.141. The Hall–Kier alpha value is -1.46. The Kier molecular flexibility index (Phi) is 15.4. The molecule has 0 aliphatic heterocycles. The molecule has 2 aliphatic rings. The average Bonchev–Trinajstić information content (AvgIpc) is 2.83. The van der Waals surface area contributed by atoms with Gasteiger partial charge < -0.3 is 15.3 Å². The summed E-state index contributed by atoms with van der Waals surface area (Å²) >= 11 is 0. The lowest BCUT2D eigenvalue weighted by Gasteiger charge is -2.38. The molecule has 0 spiro atoms. The maximum atomic E-state index is 12.4. The maximum absolute atomic E-state index is 12.4. The van der Waals surface area contributed by atoms with Crippen LogP contribution in [0.4, 0.5) is 0 Å². The average molecular weight is 493 g/mol. The van der Waals surface area contributed by atoms with Gasteiger partial charge in [0.25, 0.3) is 0 Å². The van der Waals surface area contributed by atoms with Crippen LogP contribution in [-0.2, 0) is 9.59 Å². The van der Waals surface area contributed by atoms with Crippen molar-refractivity contribution in [2.45, 2.75) is 124 Å². The number of aliphatic hydroxyl groups is 2. The zero-order valence-electron chi connectivity index (χ0n) is 22.9. The first kappa shape index (κ1) is 31.6. The van der Waals surface area contributed by atoms with Gasteiger partial charge in [-0.05, 0) is 81.1 Å². The second-order valence-corrected chi connectivity index (χ2v) is 10.8. The third kappa shape index (κ3) is 11.4. The van der Waals surface area contributed by atoms with Crippen LogP contribution in [0, 0.1) is 29.6 Å². The fraction of sp³-hybridized carbons (Fsp3) is 0.800. The molecular formula is C30H52O5. The van der Waals surface area contributed by atoms with E-state index in [-0.39, 0.29) is 24.0 Å². The lowest BCUT2D eigenvalue weighted by atomic mass is 9.67. The Morgan fingerprint density at radius 1 is 1.06 bits per heavy atom. The van der Waals surface area contributed by atoms with Gasteiger partial charge in [-0.3, -0.25) is 9.59 Å². The quantitative estimate of drug-likeness (QED) is 0.250. The van der Waals surface area contributed by atoms with Crippen LogP contribution in [0.2, 0.25) is 0 Å². The highest BCUT2D eigenvalue weighted by Gasteiger charge is 2.33. The van der Waals surface area contributed by atoms with Gasteiger partial charge in [0.1, 0.15) is 5.78 Å². The van der Waals surface area contributed by atoms with E-state index < -0.39 is 5.97 Å². The minimum Gasteiger partial charge on any atom is -0.481 e. The van der Waals surface area contributed by atoms with Crippen LogP contribution in [0.3, 0.4) is 0 Å². The number of ketones is 1. The Bertz CT molecular complexity index is 682. The van der Waals surface area contributed by atoms with Gasteiger partial charge in [0.15, 0.2) is 0 Å². The van der Waals surface area contributed by atoms with Crippen LogP contribution in [0.25, 0.3) is 0 Å². The molecule has 0 heterocycles. The van der Waals surface area contributed by atoms with Crippen molar-refractivity contribution in [2.24, 2.45) is 29.6 Å². The first-order chi connectivity index (χ1) is 16.6. The summed E-state index contributed by atoms with van der Waals surface area (Å²) < 4.78 is 0. The number of aliphatic carboxylic acids is 1. The summed E-state index contributed by atoms with van der Waals surface area (Å²) in [5.74, 6) is 1.33. The van der Waals surface area contributed by atoms with E-state index in [2.05, 4.69) is 32.9 Å². The van der Waals surface area contributed by atoms with Crippen molar-refractivity contribution in [3.05, 3.63) is 23.8 Å². The van der Waals surface area contributed by atoms with Gasteiger partial charge in [0, 0.05) is 12.3 Å². The molecule has 0 aromatic rings. The molecular weight excluding hydrogens is 440 g/mol. The van der Waals surface area contributed by atoms with Crippen molar-refractivity contribution in [1.82, 2.24) is 0 Å². The third-order valence-corrected chi connectivity index (χ3v) is 8.05. The molecule has 5 heteroatoms. The van der Waals surface area contributed by atoms with E-state index in [0.717, 1.165) is 70.6 Å². The molecule has 0 saturated heterocycles. The van der Waals surface area contributed by atoms with Gasteiger partial charge in [-0.1, -0.05) is 65.7 Å². The molecule has 3 N–H and O–H groups in total. The fourth-order valence-electron chi connectivity index (χ4n) is 5.29. The topological polar surface area (TPSA) is 94.8 Å². The number of hydrogen-bond donors (Lipinski definition) is 3. The van der Waals surface area contributed by atoms with Crippen molar-refractivity contribution in [1.29, 1.82) is 0 Å². The molecule has 2 rings (SSSR count). The monoisotopic (exact) mass is 492 g/mol. The van der Waals surface area contributed by atoms with Crippen molar-refractivity contribution < 1.29 is 24.9 Å². The van der Waals surface area contributed by atoms with Crippen molar-refractivity contribution in [3.8, 4) is 0 Å². The first-order valence-corrected chi connectivity index (χ1v) is 14.2. The predicted molar refractivity (Wildman–Crippen MR) is 143 cm³/mol. The number of hydrogen-bond acceptors (Lipinski definition) is 4. The van der Waals surface area contributed by atoms with Crippen molar-refractivity contribution in [3.63, 3.8) is 0 Å². The number of rotatable bonds is 14. The number of allylic oxidation sites excluding steroid dienone is 3. The standard InChI is InChI=1S/C25H42O3.C5H10O2/c1-4-6-8-19(5-2)25(28)10-7-9-21(26)13-15-23-18(3)11-12-20-17-22(27)14-16-24(20)23;1-3-4(2)5(6)7/h11-12,17-19,21-24,26-27H,4-10,13-16H2,1-3H3;4H,3H2,1-2H3,(H,6,7). The SMILES string of the molecule is CCC(C)C(=O)O.CCCCC(CC)C(=O)CCCC(O)CCC1C(C)C=CC2=CC(O)CCC21. The van der Waals surface area contributed by atoms with E-state index in [9.17, 15) is 19.8 Å². The number of aliphatic hydroxyl groups excluding tert-OH is 2. The minimum absolute atomic E-state index is 0.181. The maximum Gasteiger partial charge on any atom is 0.306 e. The molecule has 0 fully saturated rings. The Balaban J connectivity index is 0.000000762. The number of fused-ring (bicyclic) bond motifs is 1. The number of unbranched alkanes of at least 4 members (excludes halogenated alkanes) is 1. The normalized spacial score (nSPS) is 26.0. The molecule has 202 valence electrons. The van der Waals surface area contributed by atoms with Gasteiger partial charge in [-0.15, -0.1) is 0 Å². The summed E-state index contributed by atoms with van der Waals surface area (Å²) in [6, 6.07) is 0. The summed E-state index contributed by atoms with van der Waals surface area (Å²) in [5.41, 5.74) is 1.29. The highest BCUT2D eigenvalue weighted by atomic mass is 16.4. The van der Waals surface area contributed by atoms with E-state index in [1.807, 2.05) is 13.0 Å². The molecule has 0 bridgehead atoms. The highest BCUT2D eigenvalue weighted by molar-refractivity contribution is 5.80. The van der Waals surface area contributed by atoms with Gasteiger partial charge in [0.2, 0.25) is 0 Å². The molecule has 0 saturated carbocycles. The van der Waals surface area contributed by atoms with E-state index in [1.54, 1.807) is 6.92 Å². The lowest BCUT2D eigenvalue weighted by Crippen LogP contribution is -2.30. The molecule has 35 heavy (non-hydrogen) atoms. The van der Waals surface area contributed by atoms with E-state index in [0.29, 0.717) is 30.0 Å². The summed E-state index contributed by atoms with van der Waals surface area (Å²) in [4.78, 5) is 22.3. The van der Waals surface area contributed by atoms with Crippen molar-refractivity contribution >= 4 is 11.8 Å². The second-order valence-electron chi connectivity index (χ2n) is 10.8. The number of carboxylic acids is 1. The molecule has 0 amide bonds. The van der Waals surface area contributed by atoms with E-state index >= 15 is 0 Å². The van der Waals surface area contributed by atoms with E-state index in [4.69, 9.17) is 5.11 Å². The molecule has 7 atom stereocenters. The van der Waals surface area contributed by atoms with Crippen LogP contribution < -0.4 is 0 Å². The third-order valence-electron chi connectivity index (χ3n) is 8.05. The Morgan fingerprint density at radius 2 is 1.77 bits per heavy atom. The van der Waals surface area contributed by atoms with Crippen LogP contribution in [-0.4, -0.2) is 39.3 Å². The van der Waals surface area contributed by atoms with E-state index in [1.165, 1.54) is 5.57 Å². The van der Waals surface area contributed by atoms with Crippen molar-refractivity contribution in [2.75, 3.05) is 0 Å². The molecule has 5 nitrogen and oxygen atoms in total. The van der Waals surface area contributed by atoms with Gasteiger partial charge in [-0.2, -0.15) is 0 Å². The van der Waals surface area contributed by atoms with Crippen LogP contribution in [0.15, 0.2) is 23.8 Å². The second kappa shape index (κ2) is 17.1. The number of carbonyl (C=O) groups excluding carboxylic acids is 1. The Labute approximate surface area is 214 Å². The van der Waals surface area contributed by atoms with Crippen LogP contribution >= 0.6 is 0 Å². The number of Topliss-reactive ketones (excluding diaryl/α,β-unsaturated/α-hetero) is 1. The summed E-state index contributed by atoms with van der Waals surface area (Å²) in [6.45, 7) is 10.1. The summed E-state index contributed by atoms with van der Waals surface area (Å²) in [6.07, 6.45) is 16.7. The molecule has 0 aromatic heterocycles. The summed E-state index contributed by atoms with van der Waals surface area (Å²) in [7, 11) is 0. The molecule has 2 aliphatic carbocycles. The molecule has 7 unspecified atom stereocenters. The number of carbonyl (C=O) groups is 2. The van der Waals surface area contributed by atoms with Crippen LogP contribution in [0.5, 0.6) is 0 Å². The van der Waals surface area contributed by atoms with Gasteiger partial charge in [0.05, 0.1) is 18.1 Å². The fourth-order valence-corrected chi connectivity index (χ4v) is 5.29. The zero-order chi connectivity index (χ0) is 26.4. The first-order valence-electron chi connectivity index (χ1n) is 14.2. The summed E-state index contributed by atoms with van der Waals surface area (Å²) in [5, 5.41) is 28.5. The largest absolute Gasteiger partial charge is 0.481 e. The number of carboxylic acid groups (broad SMARTS) is 1. The van der Waals surface area contributed by atoms with Gasteiger partial charge >= 0.3 is 5.97 Å². The zero-order valence-corrected chi connectivity index (χ0v) is 22.9. The Morgan fingerprint density at radius 3 is 2.34 bits per heavy atom. The van der Waals surface area contributed by atoms with Crippen LogP contribution in [0.1, 0.15) is 112 Å². The predicted octanol–water partition coefficient (Wildman–Crippen LogP) is 6.72.